The van der Waals surface area contributed by atoms with Crippen LogP contribution in [0.3, 0.4) is 0 Å². The number of rotatable bonds is 7. The van der Waals surface area contributed by atoms with Crippen molar-refractivity contribution in [2.75, 3.05) is 26.4 Å². The maximum absolute atomic E-state index is 9.68. The van der Waals surface area contributed by atoms with Crippen LogP contribution in [0.25, 0.3) is 0 Å². The van der Waals surface area contributed by atoms with E-state index in [9.17, 15) is 5.11 Å². The predicted octanol–water partition coefficient (Wildman–Crippen LogP) is 2.30. The standard InChI is InChI=1S/C17H25NO2/c1-14(16-7-8-16)18(9-15-5-3-2-4-6-15)10-17(11-19)12-20-13-17/h2-6,14,16,19H,7-13H2,1H3. The van der Waals surface area contributed by atoms with Crippen LogP contribution < -0.4 is 0 Å². The quantitative estimate of drug-likeness (QED) is 0.829. The molecular formula is C17H25NO2. The van der Waals surface area contributed by atoms with E-state index in [0.717, 1.165) is 19.0 Å². The lowest BCUT2D eigenvalue weighted by molar-refractivity contribution is -0.152. The second-order valence-corrected chi connectivity index (χ2v) is 6.62. The number of hydrogen-bond donors (Lipinski definition) is 1. The summed E-state index contributed by atoms with van der Waals surface area (Å²) in [6, 6.07) is 11.2. The van der Waals surface area contributed by atoms with Gasteiger partial charge in [-0.15, -0.1) is 0 Å². The highest BCUT2D eigenvalue weighted by Gasteiger charge is 2.42. The van der Waals surface area contributed by atoms with Gasteiger partial charge >= 0.3 is 0 Å². The predicted molar refractivity (Wildman–Crippen MR) is 79.4 cm³/mol. The van der Waals surface area contributed by atoms with E-state index in [1.807, 2.05) is 0 Å². The third-order valence-electron chi connectivity index (χ3n) is 4.80. The average molecular weight is 275 g/mol. The Morgan fingerprint density at radius 2 is 2.00 bits per heavy atom. The zero-order valence-corrected chi connectivity index (χ0v) is 12.3. The summed E-state index contributed by atoms with van der Waals surface area (Å²) < 4.78 is 5.35. The fraction of sp³-hybridized carbons (Fsp3) is 0.647. The van der Waals surface area contributed by atoms with Crippen molar-refractivity contribution in [3.05, 3.63) is 35.9 Å². The number of aliphatic hydroxyl groups is 1. The first-order valence-corrected chi connectivity index (χ1v) is 7.69. The highest BCUT2D eigenvalue weighted by atomic mass is 16.5. The van der Waals surface area contributed by atoms with Crippen LogP contribution >= 0.6 is 0 Å². The molecular weight excluding hydrogens is 250 g/mol. The summed E-state index contributed by atoms with van der Waals surface area (Å²) in [7, 11) is 0. The molecule has 0 aromatic heterocycles. The summed E-state index contributed by atoms with van der Waals surface area (Å²) in [5, 5.41) is 9.68. The van der Waals surface area contributed by atoms with Gasteiger partial charge in [-0.25, -0.2) is 0 Å². The smallest absolute Gasteiger partial charge is 0.0579 e. The minimum Gasteiger partial charge on any atom is -0.396 e. The summed E-state index contributed by atoms with van der Waals surface area (Å²) >= 11 is 0. The topological polar surface area (TPSA) is 32.7 Å². The van der Waals surface area contributed by atoms with E-state index in [4.69, 9.17) is 4.74 Å². The molecule has 0 bridgehead atoms. The zero-order chi connectivity index (χ0) is 14.0. The van der Waals surface area contributed by atoms with Crippen molar-refractivity contribution in [2.24, 2.45) is 11.3 Å². The number of aliphatic hydroxyl groups excluding tert-OH is 1. The van der Waals surface area contributed by atoms with Crippen LogP contribution in [0.1, 0.15) is 25.3 Å². The molecule has 0 amide bonds. The summed E-state index contributed by atoms with van der Waals surface area (Å²) in [6.45, 7) is 5.88. The summed E-state index contributed by atoms with van der Waals surface area (Å²) in [5.74, 6) is 0.843. The summed E-state index contributed by atoms with van der Waals surface area (Å²) in [5.41, 5.74) is 1.33. The van der Waals surface area contributed by atoms with Crippen molar-refractivity contribution in [3.8, 4) is 0 Å². The molecule has 1 unspecified atom stereocenters. The fourth-order valence-electron chi connectivity index (χ4n) is 3.09. The van der Waals surface area contributed by atoms with E-state index >= 15 is 0 Å². The minimum atomic E-state index is -0.0298. The van der Waals surface area contributed by atoms with Crippen molar-refractivity contribution >= 4 is 0 Å². The van der Waals surface area contributed by atoms with Gasteiger partial charge in [-0.1, -0.05) is 30.3 Å². The van der Waals surface area contributed by atoms with Crippen molar-refractivity contribution in [1.82, 2.24) is 4.90 Å². The lowest BCUT2D eigenvalue weighted by Crippen LogP contribution is -2.54. The van der Waals surface area contributed by atoms with E-state index in [1.165, 1.54) is 18.4 Å². The molecule has 2 fully saturated rings. The van der Waals surface area contributed by atoms with Gasteiger partial charge in [0.1, 0.15) is 0 Å². The van der Waals surface area contributed by atoms with Crippen molar-refractivity contribution in [2.45, 2.75) is 32.4 Å². The SMILES string of the molecule is CC(C1CC1)N(Cc1ccccc1)CC1(CO)COC1. The van der Waals surface area contributed by atoms with Crippen LogP contribution in [-0.4, -0.2) is 42.4 Å². The lowest BCUT2D eigenvalue weighted by Gasteiger charge is -2.45. The second kappa shape index (κ2) is 5.84. The van der Waals surface area contributed by atoms with E-state index in [-0.39, 0.29) is 12.0 Å². The largest absolute Gasteiger partial charge is 0.396 e. The molecule has 2 aliphatic rings. The molecule has 1 saturated carbocycles. The Kier molecular flexibility index (Phi) is 4.11. The van der Waals surface area contributed by atoms with E-state index in [1.54, 1.807) is 0 Å². The first-order chi connectivity index (χ1) is 9.72. The molecule has 0 spiro atoms. The van der Waals surface area contributed by atoms with Gasteiger partial charge in [-0.2, -0.15) is 0 Å². The Morgan fingerprint density at radius 1 is 1.30 bits per heavy atom. The van der Waals surface area contributed by atoms with Gasteiger partial charge in [0, 0.05) is 19.1 Å². The first-order valence-electron chi connectivity index (χ1n) is 7.69. The van der Waals surface area contributed by atoms with Crippen LogP contribution in [0.4, 0.5) is 0 Å². The molecule has 3 nitrogen and oxygen atoms in total. The van der Waals surface area contributed by atoms with Crippen molar-refractivity contribution in [3.63, 3.8) is 0 Å². The van der Waals surface area contributed by atoms with Crippen LogP contribution in [0, 0.1) is 11.3 Å². The highest BCUT2D eigenvalue weighted by molar-refractivity contribution is 5.15. The zero-order valence-electron chi connectivity index (χ0n) is 12.3. The van der Waals surface area contributed by atoms with Crippen LogP contribution in [0.5, 0.6) is 0 Å². The first kappa shape index (κ1) is 14.1. The maximum atomic E-state index is 9.68. The molecule has 1 aromatic rings. The molecule has 0 radical (unpaired) electrons. The number of benzene rings is 1. The molecule has 3 rings (SSSR count). The van der Waals surface area contributed by atoms with Crippen molar-refractivity contribution < 1.29 is 9.84 Å². The number of nitrogens with zero attached hydrogens (tertiary/aromatic N) is 1. The van der Waals surface area contributed by atoms with Crippen LogP contribution in [-0.2, 0) is 11.3 Å². The Morgan fingerprint density at radius 3 is 2.50 bits per heavy atom. The molecule has 1 heterocycles. The van der Waals surface area contributed by atoms with Gasteiger partial charge in [0.25, 0.3) is 0 Å². The summed E-state index contributed by atoms with van der Waals surface area (Å²) in [6.07, 6.45) is 2.71. The summed E-state index contributed by atoms with van der Waals surface area (Å²) in [4.78, 5) is 2.55. The van der Waals surface area contributed by atoms with Gasteiger partial charge in [0.2, 0.25) is 0 Å². The van der Waals surface area contributed by atoms with E-state index < -0.39 is 0 Å². The second-order valence-electron chi connectivity index (χ2n) is 6.62. The number of hydrogen-bond acceptors (Lipinski definition) is 3. The number of ether oxygens (including phenoxy) is 1. The molecule has 1 aromatic carbocycles. The average Bonchev–Trinajstić information content (AvgIpc) is 3.26. The van der Waals surface area contributed by atoms with Crippen molar-refractivity contribution in [1.29, 1.82) is 0 Å². The molecule has 3 heteroatoms. The molecule has 110 valence electrons. The molecule has 1 saturated heterocycles. The van der Waals surface area contributed by atoms with Gasteiger partial charge in [-0.3, -0.25) is 4.90 Å². The minimum absolute atomic E-state index is 0.0298. The van der Waals surface area contributed by atoms with E-state index in [2.05, 4.69) is 42.2 Å². The van der Waals surface area contributed by atoms with Crippen LogP contribution in [0.2, 0.25) is 0 Å². The lowest BCUT2D eigenvalue weighted by atomic mass is 9.85. The fourth-order valence-corrected chi connectivity index (χ4v) is 3.09. The van der Waals surface area contributed by atoms with Gasteiger partial charge < -0.3 is 9.84 Å². The Balaban J connectivity index is 1.70. The molecule has 1 aliphatic heterocycles. The molecule has 1 N–H and O–H groups in total. The third-order valence-corrected chi connectivity index (χ3v) is 4.80. The van der Waals surface area contributed by atoms with E-state index in [0.29, 0.717) is 19.3 Å². The normalized spacial score (nSPS) is 22.6. The Bertz CT molecular complexity index is 420. The maximum Gasteiger partial charge on any atom is 0.0579 e. The molecule has 20 heavy (non-hydrogen) atoms. The van der Waals surface area contributed by atoms with Gasteiger partial charge in [0.05, 0.1) is 25.2 Å². The Hall–Kier alpha value is -0.900. The third kappa shape index (κ3) is 3.05. The van der Waals surface area contributed by atoms with Crippen LogP contribution in [0.15, 0.2) is 30.3 Å². The van der Waals surface area contributed by atoms with Gasteiger partial charge in [0.15, 0.2) is 0 Å². The molecule has 1 atom stereocenters. The highest BCUT2D eigenvalue weighted by Crippen LogP contribution is 2.38. The monoisotopic (exact) mass is 275 g/mol. The Labute approximate surface area is 121 Å². The molecule has 1 aliphatic carbocycles. The van der Waals surface area contributed by atoms with Gasteiger partial charge in [-0.05, 0) is 31.2 Å².